The van der Waals surface area contributed by atoms with Crippen molar-refractivity contribution in [2.75, 3.05) is 6.61 Å². The summed E-state index contributed by atoms with van der Waals surface area (Å²) in [6.45, 7) is 6.77. The van der Waals surface area contributed by atoms with Crippen molar-refractivity contribution in [1.29, 1.82) is 0 Å². The van der Waals surface area contributed by atoms with E-state index in [1.54, 1.807) is 0 Å². The molecule has 0 radical (unpaired) electrons. The molecule has 0 aliphatic rings. The molecule has 0 aliphatic carbocycles. The van der Waals surface area contributed by atoms with Gasteiger partial charge in [0.2, 0.25) is 5.82 Å². The molecule has 0 aliphatic heterocycles. The van der Waals surface area contributed by atoms with Crippen LogP contribution in [-0.4, -0.2) is 27.2 Å². The summed E-state index contributed by atoms with van der Waals surface area (Å²) in [5, 5.41) is 14.0. The second-order valence-corrected chi connectivity index (χ2v) is 2.87. The fourth-order valence-corrected chi connectivity index (χ4v) is 1.47. The molecule has 1 aromatic heterocycles. The molecule has 1 rings (SSSR count). The Morgan fingerprint density at radius 2 is 2.00 bits per heavy atom. The van der Waals surface area contributed by atoms with Crippen LogP contribution < -0.4 is 0 Å². The summed E-state index contributed by atoms with van der Waals surface area (Å²) in [7, 11) is 0. The summed E-state index contributed by atoms with van der Waals surface area (Å²) in [6, 6.07) is 0. The minimum atomic E-state index is -0.359. The van der Waals surface area contributed by atoms with Gasteiger partial charge in [-0.1, -0.05) is 19.1 Å². The first-order valence-corrected chi connectivity index (χ1v) is 4.67. The van der Waals surface area contributed by atoms with Gasteiger partial charge in [0.05, 0.1) is 0 Å². The third-order valence-electron chi connectivity index (χ3n) is 2.32. The average Bonchev–Trinajstić information content (AvgIpc) is 2.68. The molecule has 13 heavy (non-hydrogen) atoms. The summed E-state index contributed by atoms with van der Waals surface area (Å²) in [6.07, 6.45) is 1.72. The predicted molar refractivity (Wildman–Crippen MR) is 48.1 cm³/mol. The van der Waals surface area contributed by atoms with E-state index in [9.17, 15) is 0 Å². The van der Waals surface area contributed by atoms with Gasteiger partial charge in [-0.05, 0) is 19.8 Å². The van der Waals surface area contributed by atoms with Crippen LogP contribution in [0.3, 0.4) is 0 Å². The summed E-state index contributed by atoms with van der Waals surface area (Å²) >= 11 is 0. The number of rotatable bonds is 5. The Hall–Kier alpha value is -0.970. The van der Waals surface area contributed by atoms with E-state index in [4.69, 9.17) is 4.74 Å². The molecule has 1 N–H and O–H groups in total. The molecular formula is C8H16N4O. The van der Waals surface area contributed by atoms with E-state index in [1.165, 1.54) is 0 Å². The molecule has 0 saturated heterocycles. The van der Waals surface area contributed by atoms with Crippen LogP contribution in [0.2, 0.25) is 0 Å². The Morgan fingerprint density at radius 3 is 2.38 bits per heavy atom. The van der Waals surface area contributed by atoms with Crippen LogP contribution in [0.5, 0.6) is 0 Å². The van der Waals surface area contributed by atoms with Crippen LogP contribution in [-0.2, 0) is 10.3 Å². The highest BCUT2D eigenvalue weighted by Crippen LogP contribution is 2.29. The molecular weight excluding hydrogens is 168 g/mol. The molecule has 74 valence electrons. The van der Waals surface area contributed by atoms with Crippen LogP contribution in [0, 0.1) is 0 Å². The second-order valence-electron chi connectivity index (χ2n) is 2.87. The molecule has 5 heteroatoms. The van der Waals surface area contributed by atoms with Gasteiger partial charge >= 0.3 is 0 Å². The third kappa shape index (κ3) is 1.85. The van der Waals surface area contributed by atoms with Crippen LogP contribution >= 0.6 is 0 Å². The highest BCUT2D eigenvalue weighted by atomic mass is 16.5. The van der Waals surface area contributed by atoms with E-state index in [1.807, 2.05) is 6.92 Å². The van der Waals surface area contributed by atoms with Gasteiger partial charge in [0.15, 0.2) is 0 Å². The lowest BCUT2D eigenvalue weighted by molar-refractivity contribution is -0.0571. The normalized spacial score (nSPS) is 11.9. The molecule has 0 fully saturated rings. The zero-order chi connectivity index (χ0) is 9.73. The minimum absolute atomic E-state index is 0.359. The number of ether oxygens (including phenoxy) is 1. The minimum Gasteiger partial charge on any atom is -0.367 e. The molecule has 0 bridgehead atoms. The molecule has 0 amide bonds. The smallest absolute Gasteiger partial charge is 0.206 e. The van der Waals surface area contributed by atoms with Crippen molar-refractivity contribution in [3.05, 3.63) is 5.82 Å². The van der Waals surface area contributed by atoms with Crippen molar-refractivity contribution in [2.45, 2.75) is 39.2 Å². The SMILES string of the molecule is CCOC(CC)(CC)c1nn[nH]n1. The van der Waals surface area contributed by atoms with Crippen molar-refractivity contribution >= 4 is 0 Å². The zero-order valence-electron chi connectivity index (χ0n) is 8.37. The van der Waals surface area contributed by atoms with Gasteiger partial charge in [0, 0.05) is 6.61 Å². The molecule has 1 aromatic rings. The lowest BCUT2D eigenvalue weighted by Gasteiger charge is -2.27. The van der Waals surface area contributed by atoms with Crippen LogP contribution in [0.25, 0.3) is 0 Å². The van der Waals surface area contributed by atoms with Gasteiger partial charge in [0.1, 0.15) is 5.60 Å². The number of hydrogen-bond acceptors (Lipinski definition) is 4. The number of H-pyrrole nitrogens is 1. The maximum atomic E-state index is 5.69. The third-order valence-corrected chi connectivity index (χ3v) is 2.32. The zero-order valence-corrected chi connectivity index (χ0v) is 8.37. The number of aromatic nitrogens is 4. The van der Waals surface area contributed by atoms with Crippen LogP contribution in [0.15, 0.2) is 0 Å². The van der Waals surface area contributed by atoms with Crippen molar-refractivity contribution < 1.29 is 4.74 Å². The van der Waals surface area contributed by atoms with Crippen LogP contribution in [0.4, 0.5) is 0 Å². The van der Waals surface area contributed by atoms with Gasteiger partial charge in [-0.25, -0.2) is 0 Å². The number of tetrazole rings is 1. The van der Waals surface area contributed by atoms with Crippen LogP contribution in [0.1, 0.15) is 39.4 Å². The van der Waals surface area contributed by atoms with Gasteiger partial charge in [0.25, 0.3) is 0 Å². The van der Waals surface area contributed by atoms with Crippen molar-refractivity contribution in [1.82, 2.24) is 20.6 Å². The van der Waals surface area contributed by atoms with E-state index >= 15 is 0 Å². The summed E-state index contributed by atoms with van der Waals surface area (Å²) in [5.41, 5.74) is -0.359. The standard InChI is InChI=1S/C8H16N4O/c1-4-8(5-2,13-6-3)7-9-11-12-10-7/h4-6H2,1-3H3,(H,9,10,11,12). The number of hydrogen-bond donors (Lipinski definition) is 1. The van der Waals surface area contributed by atoms with E-state index in [2.05, 4.69) is 34.5 Å². The van der Waals surface area contributed by atoms with E-state index in [0.717, 1.165) is 12.8 Å². The Bertz CT molecular complexity index is 230. The Morgan fingerprint density at radius 1 is 1.31 bits per heavy atom. The molecule has 0 aromatic carbocycles. The summed E-state index contributed by atoms with van der Waals surface area (Å²) in [4.78, 5) is 0. The van der Waals surface area contributed by atoms with Gasteiger partial charge in [-0.15, -0.1) is 10.2 Å². The average molecular weight is 184 g/mol. The van der Waals surface area contributed by atoms with Crippen molar-refractivity contribution in [3.63, 3.8) is 0 Å². The quantitative estimate of drug-likeness (QED) is 0.748. The second kappa shape index (κ2) is 4.32. The number of nitrogens with zero attached hydrogens (tertiary/aromatic N) is 3. The Kier molecular flexibility index (Phi) is 3.36. The molecule has 0 atom stereocenters. The molecule has 0 spiro atoms. The number of nitrogens with one attached hydrogen (secondary N) is 1. The predicted octanol–water partition coefficient (Wildman–Crippen LogP) is 1.25. The van der Waals surface area contributed by atoms with Gasteiger partial charge in [-0.3, -0.25) is 0 Å². The van der Waals surface area contributed by atoms with E-state index < -0.39 is 0 Å². The van der Waals surface area contributed by atoms with E-state index in [0.29, 0.717) is 12.4 Å². The highest BCUT2D eigenvalue weighted by molar-refractivity contribution is 4.97. The van der Waals surface area contributed by atoms with Gasteiger partial charge < -0.3 is 4.74 Å². The lowest BCUT2D eigenvalue weighted by Crippen LogP contribution is -2.29. The Balaban J connectivity index is 2.89. The fourth-order valence-electron chi connectivity index (χ4n) is 1.47. The van der Waals surface area contributed by atoms with Crippen molar-refractivity contribution in [3.8, 4) is 0 Å². The maximum absolute atomic E-state index is 5.69. The molecule has 0 saturated carbocycles. The molecule has 5 nitrogen and oxygen atoms in total. The summed E-state index contributed by atoms with van der Waals surface area (Å²) in [5.74, 6) is 0.652. The first-order valence-electron chi connectivity index (χ1n) is 4.67. The Labute approximate surface area is 77.9 Å². The van der Waals surface area contributed by atoms with Crippen molar-refractivity contribution in [2.24, 2.45) is 0 Å². The summed E-state index contributed by atoms with van der Waals surface area (Å²) < 4.78 is 5.69. The monoisotopic (exact) mass is 184 g/mol. The first kappa shape index (κ1) is 10.1. The molecule has 0 unspecified atom stereocenters. The van der Waals surface area contributed by atoms with Gasteiger partial charge in [-0.2, -0.15) is 5.21 Å². The lowest BCUT2D eigenvalue weighted by atomic mass is 9.96. The topological polar surface area (TPSA) is 63.7 Å². The fraction of sp³-hybridized carbons (Fsp3) is 0.875. The highest BCUT2D eigenvalue weighted by Gasteiger charge is 2.33. The first-order chi connectivity index (χ1) is 6.29. The molecule has 1 heterocycles. The van der Waals surface area contributed by atoms with E-state index in [-0.39, 0.29) is 5.60 Å². The number of aromatic amines is 1. The largest absolute Gasteiger partial charge is 0.367 e. The maximum Gasteiger partial charge on any atom is 0.206 e.